The van der Waals surface area contributed by atoms with Crippen molar-refractivity contribution >= 4 is 25.8 Å². The number of hydrogen-bond acceptors (Lipinski definition) is 4. The van der Waals surface area contributed by atoms with E-state index < -0.39 is 9.84 Å². The van der Waals surface area contributed by atoms with Gasteiger partial charge in [-0.05, 0) is 31.0 Å². The highest BCUT2D eigenvalue weighted by molar-refractivity contribution is 9.10. The van der Waals surface area contributed by atoms with Crippen molar-refractivity contribution in [1.29, 1.82) is 0 Å². The Kier molecular flexibility index (Phi) is 4.06. The molecule has 0 spiro atoms. The van der Waals surface area contributed by atoms with E-state index in [0.29, 0.717) is 12.4 Å². The third-order valence-corrected chi connectivity index (χ3v) is 6.23. The van der Waals surface area contributed by atoms with Gasteiger partial charge in [-0.15, -0.1) is 0 Å². The number of halogens is 1. The van der Waals surface area contributed by atoms with Gasteiger partial charge in [-0.3, -0.25) is 0 Å². The Morgan fingerprint density at radius 3 is 2.95 bits per heavy atom. The van der Waals surface area contributed by atoms with E-state index in [9.17, 15) is 8.42 Å². The maximum absolute atomic E-state index is 11.7. The summed E-state index contributed by atoms with van der Waals surface area (Å²) in [7, 11) is -2.87. The summed E-state index contributed by atoms with van der Waals surface area (Å²) in [5.74, 6) is 1.49. The largest absolute Gasteiger partial charge is 0.493 e. The number of hydrogen-bond donors (Lipinski definition) is 1. The van der Waals surface area contributed by atoms with Crippen molar-refractivity contribution in [1.82, 2.24) is 5.32 Å². The van der Waals surface area contributed by atoms with Gasteiger partial charge in [0.2, 0.25) is 0 Å². The summed E-state index contributed by atoms with van der Waals surface area (Å²) in [6.45, 7) is 0.672. The molecule has 2 heterocycles. The van der Waals surface area contributed by atoms with Crippen LogP contribution >= 0.6 is 15.9 Å². The van der Waals surface area contributed by atoms with Crippen molar-refractivity contribution in [3.8, 4) is 5.75 Å². The smallest absolute Gasteiger partial charge is 0.151 e. The van der Waals surface area contributed by atoms with Gasteiger partial charge in [0.1, 0.15) is 5.75 Å². The van der Waals surface area contributed by atoms with E-state index in [0.717, 1.165) is 35.0 Å². The molecule has 1 fully saturated rings. The molecule has 0 amide bonds. The summed E-state index contributed by atoms with van der Waals surface area (Å²) in [5.41, 5.74) is 1.12. The van der Waals surface area contributed by atoms with E-state index in [1.54, 1.807) is 0 Å². The molecule has 0 saturated carbocycles. The Bertz CT molecular complexity index is 602. The highest BCUT2D eigenvalue weighted by Gasteiger charge is 2.29. The molecular formula is C14H18BrNO3S. The second-order valence-corrected chi connectivity index (χ2v) is 8.64. The standard InChI is InChI=1S/C14H18BrNO3S/c15-10-3-4-14-12(8-10)13(5-6-19-14)16-11-2-1-7-20(17,18)9-11/h3-4,8,11,13,16H,1-2,5-7,9H2. The van der Waals surface area contributed by atoms with Crippen LogP contribution in [0.4, 0.5) is 0 Å². The number of ether oxygens (including phenoxy) is 1. The van der Waals surface area contributed by atoms with Crippen LogP contribution in [0.15, 0.2) is 22.7 Å². The summed E-state index contributed by atoms with van der Waals surface area (Å²) >= 11 is 3.48. The van der Waals surface area contributed by atoms with Crippen molar-refractivity contribution in [2.24, 2.45) is 0 Å². The molecule has 1 aromatic rings. The first kappa shape index (κ1) is 14.4. The minimum atomic E-state index is -2.87. The molecule has 4 nitrogen and oxygen atoms in total. The topological polar surface area (TPSA) is 55.4 Å². The summed E-state index contributed by atoms with van der Waals surface area (Å²) in [6, 6.07) is 6.22. The lowest BCUT2D eigenvalue weighted by molar-refractivity contribution is 0.243. The number of rotatable bonds is 2. The second-order valence-electron chi connectivity index (χ2n) is 5.49. The first-order valence-electron chi connectivity index (χ1n) is 6.92. The van der Waals surface area contributed by atoms with E-state index in [2.05, 4.69) is 27.3 Å². The third kappa shape index (κ3) is 3.18. The van der Waals surface area contributed by atoms with Crippen LogP contribution in [0.25, 0.3) is 0 Å². The molecule has 1 aromatic carbocycles. The fourth-order valence-electron chi connectivity index (χ4n) is 2.98. The third-order valence-electron chi connectivity index (χ3n) is 3.91. The Morgan fingerprint density at radius 1 is 1.30 bits per heavy atom. The Balaban J connectivity index is 1.77. The van der Waals surface area contributed by atoms with Crippen molar-refractivity contribution in [2.45, 2.75) is 31.3 Å². The van der Waals surface area contributed by atoms with Crippen molar-refractivity contribution in [2.75, 3.05) is 18.1 Å². The Hall–Kier alpha value is -0.590. The molecule has 0 aliphatic carbocycles. The van der Waals surface area contributed by atoms with Gasteiger partial charge in [0.25, 0.3) is 0 Å². The van der Waals surface area contributed by atoms with Gasteiger partial charge in [0.05, 0.1) is 18.1 Å². The van der Waals surface area contributed by atoms with Crippen molar-refractivity contribution < 1.29 is 13.2 Å². The molecule has 0 aromatic heterocycles. The molecule has 2 unspecified atom stereocenters. The second kappa shape index (κ2) is 5.66. The normalized spacial score (nSPS) is 28.4. The predicted octanol–water partition coefficient (Wildman–Crippen LogP) is 2.44. The van der Waals surface area contributed by atoms with Crippen LogP contribution in [-0.4, -0.2) is 32.6 Å². The van der Waals surface area contributed by atoms with Gasteiger partial charge >= 0.3 is 0 Å². The van der Waals surface area contributed by atoms with Crippen LogP contribution in [0.3, 0.4) is 0 Å². The lowest BCUT2D eigenvalue weighted by atomic mass is 9.99. The average Bonchev–Trinajstić information content (AvgIpc) is 2.38. The number of sulfone groups is 1. The zero-order valence-corrected chi connectivity index (χ0v) is 13.5. The van der Waals surface area contributed by atoms with Crippen LogP contribution in [-0.2, 0) is 9.84 Å². The molecule has 110 valence electrons. The van der Waals surface area contributed by atoms with Crippen LogP contribution in [0.2, 0.25) is 0 Å². The maximum atomic E-state index is 11.7. The van der Waals surface area contributed by atoms with Gasteiger partial charge in [-0.2, -0.15) is 0 Å². The lowest BCUT2D eigenvalue weighted by Gasteiger charge is -2.32. The van der Waals surface area contributed by atoms with Gasteiger partial charge in [-0.25, -0.2) is 8.42 Å². The maximum Gasteiger partial charge on any atom is 0.151 e. The molecule has 1 saturated heterocycles. The fourth-order valence-corrected chi connectivity index (χ4v) is 5.01. The number of benzene rings is 1. The van der Waals surface area contributed by atoms with Crippen LogP contribution in [0.1, 0.15) is 30.9 Å². The van der Waals surface area contributed by atoms with Crippen LogP contribution < -0.4 is 10.1 Å². The summed E-state index contributed by atoms with van der Waals surface area (Å²) in [4.78, 5) is 0. The summed E-state index contributed by atoms with van der Waals surface area (Å²) < 4.78 is 30.1. The minimum absolute atomic E-state index is 0.0590. The van der Waals surface area contributed by atoms with E-state index in [1.807, 2.05) is 12.1 Å². The number of nitrogens with one attached hydrogen (secondary N) is 1. The lowest BCUT2D eigenvalue weighted by Crippen LogP contribution is -2.43. The zero-order chi connectivity index (χ0) is 14.2. The quantitative estimate of drug-likeness (QED) is 0.880. The molecule has 2 atom stereocenters. The molecular weight excluding hydrogens is 342 g/mol. The van der Waals surface area contributed by atoms with Crippen LogP contribution in [0, 0.1) is 0 Å². The molecule has 20 heavy (non-hydrogen) atoms. The first-order chi connectivity index (χ1) is 9.53. The zero-order valence-electron chi connectivity index (χ0n) is 11.1. The first-order valence-corrected chi connectivity index (χ1v) is 9.54. The molecule has 1 N–H and O–H groups in total. The summed E-state index contributed by atoms with van der Waals surface area (Å²) in [5, 5.41) is 3.52. The fraction of sp³-hybridized carbons (Fsp3) is 0.571. The van der Waals surface area contributed by atoms with Gasteiger partial charge in [-0.1, -0.05) is 15.9 Å². The summed E-state index contributed by atoms with van der Waals surface area (Å²) in [6.07, 6.45) is 2.56. The van der Waals surface area contributed by atoms with Crippen molar-refractivity contribution in [3.05, 3.63) is 28.2 Å². The van der Waals surface area contributed by atoms with E-state index in [-0.39, 0.29) is 17.8 Å². The highest BCUT2D eigenvalue weighted by Crippen LogP contribution is 2.34. The average molecular weight is 360 g/mol. The van der Waals surface area contributed by atoms with Crippen LogP contribution in [0.5, 0.6) is 5.75 Å². The molecule has 0 radical (unpaired) electrons. The number of fused-ring (bicyclic) bond motifs is 1. The molecule has 3 rings (SSSR count). The SMILES string of the molecule is O=S1(=O)CCCC(NC2CCOc3ccc(Br)cc32)C1. The molecule has 2 aliphatic heterocycles. The van der Waals surface area contributed by atoms with Gasteiger partial charge in [0.15, 0.2) is 9.84 Å². The Morgan fingerprint density at radius 2 is 2.15 bits per heavy atom. The Labute approximate surface area is 127 Å². The monoisotopic (exact) mass is 359 g/mol. The van der Waals surface area contributed by atoms with Crippen molar-refractivity contribution in [3.63, 3.8) is 0 Å². The van der Waals surface area contributed by atoms with Gasteiger partial charge < -0.3 is 10.1 Å². The van der Waals surface area contributed by atoms with E-state index in [1.165, 1.54) is 0 Å². The molecule has 2 aliphatic rings. The van der Waals surface area contributed by atoms with E-state index >= 15 is 0 Å². The van der Waals surface area contributed by atoms with E-state index in [4.69, 9.17) is 4.74 Å². The van der Waals surface area contributed by atoms with Gasteiger partial charge in [0, 0.05) is 28.5 Å². The minimum Gasteiger partial charge on any atom is -0.493 e. The molecule has 6 heteroatoms. The molecule has 0 bridgehead atoms. The highest BCUT2D eigenvalue weighted by atomic mass is 79.9. The predicted molar refractivity (Wildman–Crippen MR) is 81.8 cm³/mol.